The highest BCUT2D eigenvalue weighted by molar-refractivity contribution is 5.79. The van der Waals surface area contributed by atoms with Crippen molar-refractivity contribution < 1.29 is 14.3 Å². The van der Waals surface area contributed by atoms with Crippen LogP contribution in [0.25, 0.3) is 0 Å². The van der Waals surface area contributed by atoms with Crippen molar-refractivity contribution in [1.82, 2.24) is 5.32 Å². The number of carbonyl (C=O) groups is 2. The van der Waals surface area contributed by atoms with Crippen molar-refractivity contribution >= 4 is 11.9 Å². The number of hydrogen-bond acceptors (Lipinski definition) is 4. The molecule has 0 aliphatic carbocycles. The Balaban J connectivity index is 3.95. The second-order valence-corrected chi connectivity index (χ2v) is 5.67. The predicted octanol–water partition coefficient (Wildman–Crippen LogP) is 1.07. The molecular formula is C13H26N2O3. The Morgan fingerprint density at radius 2 is 1.94 bits per heavy atom. The lowest BCUT2D eigenvalue weighted by Gasteiger charge is -2.24. The fourth-order valence-corrected chi connectivity index (χ4v) is 1.71. The van der Waals surface area contributed by atoms with Crippen molar-refractivity contribution in [2.24, 2.45) is 17.1 Å². The number of nitrogens with one attached hydrogen (secondary N) is 1. The zero-order chi connectivity index (χ0) is 14.2. The predicted molar refractivity (Wildman–Crippen MR) is 70.9 cm³/mol. The van der Waals surface area contributed by atoms with E-state index >= 15 is 0 Å². The molecule has 0 aliphatic rings. The van der Waals surface area contributed by atoms with E-state index in [0.717, 1.165) is 6.42 Å². The van der Waals surface area contributed by atoms with E-state index in [4.69, 9.17) is 5.73 Å². The summed E-state index contributed by atoms with van der Waals surface area (Å²) in [4.78, 5) is 22.7. The van der Waals surface area contributed by atoms with Crippen molar-refractivity contribution in [3.63, 3.8) is 0 Å². The van der Waals surface area contributed by atoms with Gasteiger partial charge in [0.2, 0.25) is 5.91 Å². The van der Waals surface area contributed by atoms with Gasteiger partial charge in [-0.2, -0.15) is 0 Å². The van der Waals surface area contributed by atoms with Gasteiger partial charge in [0.25, 0.3) is 0 Å². The molecule has 0 aliphatic heterocycles. The first-order valence-electron chi connectivity index (χ1n) is 6.34. The normalized spacial score (nSPS) is 12.9. The van der Waals surface area contributed by atoms with Crippen LogP contribution in [0.5, 0.6) is 0 Å². The Morgan fingerprint density at radius 3 is 2.39 bits per heavy atom. The van der Waals surface area contributed by atoms with E-state index < -0.39 is 0 Å². The third kappa shape index (κ3) is 8.06. The van der Waals surface area contributed by atoms with Crippen LogP contribution < -0.4 is 11.1 Å². The lowest BCUT2D eigenvalue weighted by molar-refractivity contribution is -0.140. The number of methoxy groups -OCH3 is 1. The topological polar surface area (TPSA) is 81.4 Å². The summed E-state index contributed by atoms with van der Waals surface area (Å²) in [5.41, 5.74) is 5.70. The fourth-order valence-electron chi connectivity index (χ4n) is 1.71. The van der Waals surface area contributed by atoms with Gasteiger partial charge in [-0.15, -0.1) is 0 Å². The van der Waals surface area contributed by atoms with Gasteiger partial charge in [-0.25, -0.2) is 0 Å². The van der Waals surface area contributed by atoms with Crippen LogP contribution in [0, 0.1) is 11.3 Å². The minimum Gasteiger partial charge on any atom is -0.469 e. The molecule has 1 unspecified atom stereocenters. The van der Waals surface area contributed by atoms with Crippen molar-refractivity contribution in [2.75, 3.05) is 20.2 Å². The van der Waals surface area contributed by atoms with Gasteiger partial charge < -0.3 is 15.8 Å². The Bertz CT molecular complexity index is 272. The van der Waals surface area contributed by atoms with Gasteiger partial charge >= 0.3 is 5.97 Å². The summed E-state index contributed by atoms with van der Waals surface area (Å²) >= 11 is 0. The van der Waals surface area contributed by atoms with Crippen LogP contribution in [0.2, 0.25) is 0 Å². The lowest BCUT2D eigenvalue weighted by atomic mass is 9.84. The van der Waals surface area contributed by atoms with Crippen LogP contribution in [0.4, 0.5) is 0 Å². The summed E-state index contributed by atoms with van der Waals surface area (Å²) in [7, 11) is 1.36. The SMILES string of the molecule is COC(=O)CCCNC(=O)C(CN)CC(C)(C)C. The standard InChI is InChI=1S/C13H26N2O3/c1-13(2,3)8-10(9-14)12(17)15-7-5-6-11(16)18-4/h10H,5-9,14H2,1-4H3,(H,15,17). The summed E-state index contributed by atoms with van der Waals surface area (Å²) in [6, 6.07) is 0. The molecule has 0 rings (SSSR count). The Hall–Kier alpha value is -1.10. The van der Waals surface area contributed by atoms with Crippen molar-refractivity contribution in [2.45, 2.75) is 40.0 Å². The number of esters is 1. The molecule has 0 saturated heterocycles. The second-order valence-electron chi connectivity index (χ2n) is 5.67. The highest BCUT2D eigenvalue weighted by Gasteiger charge is 2.23. The van der Waals surface area contributed by atoms with Gasteiger partial charge in [-0.1, -0.05) is 20.8 Å². The average Bonchev–Trinajstić information content (AvgIpc) is 2.29. The fraction of sp³-hybridized carbons (Fsp3) is 0.846. The van der Waals surface area contributed by atoms with Gasteiger partial charge in [-0.3, -0.25) is 9.59 Å². The molecule has 0 spiro atoms. The Morgan fingerprint density at radius 1 is 1.33 bits per heavy atom. The largest absolute Gasteiger partial charge is 0.469 e. The first kappa shape index (κ1) is 16.9. The van der Waals surface area contributed by atoms with E-state index in [0.29, 0.717) is 25.9 Å². The molecular weight excluding hydrogens is 232 g/mol. The van der Waals surface area contributed by atoms with Gasteiger partial charge in [-0.05, 0) is 18.3 Å². The Labute approximate surface area is 109 Å². The third-order valence-corrected chi connectivity index (χ3v) is 2.60. The summed E-state index contributed by atoms with van der Waals surface area (Å²) in [6.45, 7) is 7.08. The number of carbonyl (C=O) groups excluding carboxylic acids is 2. The molecule has 0 fully saturated rings. The molecule has 1 amide bonds. The highest BCUT2D eigenvalue weighted by Crippen LogP contribution is 2.23. The average molecular weight is 258 g/mol. The molecule has 1 atom stereocenters. The second kappa shape index (κ2) is 8.08. The maximum atomic E-state index is 11.9. The number of amides is 1. The molecule has 0 aromatic rings. The van der Waals surface area contributed by atoms with Crippen LogP contribution in [0.1, 0.15) is 40.0 Å². The third-order valence-electron chi connectivity index (χ3n) is 2.60. The monoisotopic (exact) mass is 258 g/mol. The van der Waals surface area contributed by atoms with Gasteiger partial charge in [0.05, 0.1) is 13.0 Å². The van der Waals surface area contributed by atoms with Crippen LogP contribution >= 0.6 is 0 Å². The van der Waals surface area contributed by atoms with E-state index in [1.807, 2.05) is 0 Å². The minimum absolute atomic E-state index is 0.0303. The van der Waals surface area contributed by atoms with E-state index in [-0.39, 0.29) is 23.2 Å². The quantitative estimate of drug-likeness (QED) is 0.528. The molecule has 0 bridgehead atoms. The minimum atomic E-state index is -0.255. The molecule has 18 heavy (non-hydrogen) atoms. The molecule has 3 N–H and O–H groups in total. The first-order chi connectivity index (χ1) is 8.30. The molecule has 5 heteroatoms. The molecule has 5 nitrogen and oxygen atoms in total. The first-order valence-corrected chi connectivity index (χ1v) is 6.34. The van der Waals surface area contributed by atoms with Crippen LogP contribution in [0.15, 0.2) is 0 Å². The number of hydrogen-bond donors (Lipinski definition) is 2. The molecule has 0 radical (unpaired) electrons. The highest BCUT2D eigenvalue weighted by atomic mass is 16.5. The molecule has 106 valence electrons. The summed E-state index contributed by atoms with van der Waals surface area (Å²) in [5, 5.41) is 2.81. The van der Waals surface area contributed by atoms with Crippen molar-refractivity contribution in [1.29, 1.82) is 0 Å². The van der Waals surface area contributed by atoms with E-state index in [1.165, 1.54) is 7.11 Å². The summed E-state index contributed by atoms with van der Waals surface area (Å²) in [6.07, 6.45) is 1.67. The maximum absolute atomic E-state index is 11.9. The number of rotatable bonds is 7. The van der Waals surface area contributed by atoms with Crippen LogP contribution in [-0.2, 0) is 14.3 Å². The summed E-state index contributed by atoms with van der Waals surface area (Å²) in [5.74, 6) is -0.449. The van der Waals surface area contributed by atoms with E-state index in [9.17, 15) is 9.59 Å². The zero-order valence-corrected chi connectivity index (χ0v) is 11.9. The van der Waals surface area contributed by atoms with Crippen molar-refractivity contribution in [3.8, 4) is 0 Å². The van der Waals surface area contributed by atoms with Crippen LogP contribution in [0.3, 0.4) is 0 Å². The van der Waals surface area contributed by atoms with Crippen LogP contribution in [-0.4, -0.2) is 32.1 Å². The van der Waals surface area contributed by atoms with Gasteiger partial charge in [0.15, 0.2) is 0 Å². The number of nitrogens with two attached hydrogens (primary N) is 1. The smallest absolute Gasteiger partial charge is 0.305 e. The molecule has 0 saturated carbocycles. The van der Waals surface area contributed by atoms with Crippen molar-refractivity contribution in [3.05, 3.63) is 0 Å². The zero-order valence-electron chi connectivity index (χ0n) is 11.9. The molecule has 0 aromatic carbocycles. The Kier molecular flexibility index (Phi) is 7.59. The van der Waals surface area contributed by atoms with Gasteiger partial charge in [0, 0.05) is 19.5 Å². The molecule has 0 aromatic heterocycles. The maximum Gasteiger partial charge on any atom is 0.305 e. The molecule has 0 heterocycles. The lowest BCUT2D eigenvalue weighted by Crippen LogP contribution is -2.37. The van der Waals surface area contributed by atoms with E-state index in [2.05, 4.69) is 30.8 Å². The van der Waals surface area contributed by atoms with Gasteiger partial charge in [0.1, 0.15) is 0 Å². The summed E-state index contributed by atoms with van der Waals surface area (Å²) < 4.78 is 4.52. The number of ether oxygens (including phenoxy) is 1. The van der Waals surface area contributed by atoms with E-state index in [1.54, 1.807) is 0 Å².